The van der Waals surface area contributed by atoms with Gasteiger partial charge in [-0.1, -0.05) is 82.6 Å². The first-order chi connectivity index (χ1) is 13.2. The lowest BCUT2D eigenvalue weighted by Crippen LogP contribution is -2.02. The van der Waals surface area contributed by atoms with Gasteiger partial charge in [0, 0.05) is 12.8 Å². The largest absolute Gasteiger partial charge is 0.508 e. The normalized spacial score (nSPS) is 11.3. The van der Waals surface area contributed by atoms with E-state index >= 15 is 0 Å². The maximum absolute atomic E-state index is 12.0. The van der Waals surface area contributed by atoms with E-state index in [9.17, 15) is 9.90 Å². The van der Waals surface area contributed by atoms with E-state index in [2.05, 4.69) is 19.1 Å². The number of rotatable bonds is 17. The molecule has 27 heavy (non-hydrogen) atoms. The third kappa shape index (κ3) is 14.2. The topological polar surface area (TPSA) is 37.3 Å². The van der Waals surface area contributed by atoms with Gasteiger partial charge in [0.1, 0.15) is 11.5 Å². The average Bonchev–Trinajstić information content (AvgIpc) is 2.65. The van der Waals surface area contributed by atoms with Gasteiger partial charge >= 0.3 is 0 Å². The Balaban J connectivity index is 1.87. The zero-order valence-electron chi connectivity index (χ0n) is 17.4. The third-order valence-corrected chi connectivity index (χ3v) is 5.03. The second kappa shape index (κ2) is 16.6. The van der Waals surface area contributed by atoms with Crippen LogP contribution in [0.25, 0.3) is 0 Å². The highest BCUT2D eigenvalue weighted by molar-refractivity contribution is 5.80. The summed E-state index contributed by atoms with van der Waals surface area (Å²) in [5.41, 5.74) is 0.908. The Morgan fingerprint density at radius 1 is 0.852 bits per heavy atom. The molecule has 0 saturated heterocycles. The number of ketones is 1. The van der Waals surface area contributed by atoms with Gasteiger partial charge in [0.25, 0.3) is 0 Å². The molecule has 0 unspecified atom stereocenters. The van der Waals surface area contributed by atoms with Crippen molar-refractivity contribution in [1.29, 1.82) is 0 Å². The Kier molecular flexibility index (Phi) is 14.4. The van der Waals surface area contributed by atoms with Crippen LogP contribution in [0.4, 0.5) is 0 Å². The summed E-state index contributed by atoms with van der Waals surface area (Å²) >= 11 is 0. The number of hydrogen-bond acceptors (Lipinski definition) is 2. The van der Waals surface area contributed by atoms with Gasteiger partial charge in [0.05, 0.1) is 0 Å². The first-order valence-corrected chi connectivity index (χ1v) is 11.2. The minimum absolute atomic E-state index is 0.236. The van der Waals surface area contributed by atoms with E-state index in [1.807, 2.05) is 6.07 Å². The van der Waals surface area contributed by atoms with E-state index in [0.717, 1.165) is 18.4 Å². The van der Waals surface area contributed by atoms with Crippen molar-refractivity contribution in [3.63, 3.8) is 0 Å². The zero-order chi connectivity index (χ0) is 19.6. The molecule has 0 aliphatic heterocycles. The van der Waals surface area contributed by atoms with Crippen LogP contribution < -0.4 is 0 Å². The molecule has 1 rings (SSSR count). The molecule has 152 valence electrons. The summed E-state index contributed by atoms with van der Waals surface area (Å²) in [5.74, 6) is 0.510. The molecule has 2 heteroatoms. The van der Waals surface area contributed by atoms with Crippen LogP contribution in [-0.4, -0.2) is 10.9 Å². The molecule has 1 aromatic carbocycles. The van der Waals surface area contributed by atoms with E-state index in [4.69, 9.17) is 0 Å². The summed E-state index contributed by atoms with van der Waals surface area (Å²) in [7, 11) is 0. The average molecular weight is 373 g/mol. The number of carbonyl (C=O) groups excluding carboxylic acids is 1. The maximum Gasteiger partial charge on any atom is 0.137 e. The molecule has 0 aromatic heterocycles. The van der Waals surface area contributed by atoms with Crippen molar-refractivity contribution in [3.8, 4) is 5.75 Å². The number of carbonyl (C=O) groups is 1. The Bertz CT molecular complexity index is 519. The van der Waals surface area contributed by atoms with Crippen LogP contribution in [0.2, 0.25) is 0 Å². The summed E-state index contributed by atoms with van der Waals surface area (Å²) in [6.07, 6.45) is 22.4. The summed E-state index contributed by atoms with van der Waals surface area (Å²) in [5, 5.41) is 9.43. The van der Waals surface area contributed by atoms with Crippen molar-refractivity contribution in [2.45, 2.75) is 103 Å². The zero-order valence-corrected chi connectivity index (χ0v) is 17.4. The molecule has 0 spiro atoms. The second-order valence-corrected chi connectivity index (χ2v) is 7.72. The SMILES string of the molecule is CCCCCCCCCC=CCCCCCCC(=O)Cc1cccc(O)c1. The Morgan fingerprint density at radius 2 is 1.44 bits per heavy atom. The fourth-order valence-corrected chi connectivity index (χ4v) is 3.38. The van der Waals surface area contributed by atoms with E-state index in [0.29, 0.717) is 12.8 Å². The van der Waals surface area contributed by atoms with Crippen LogP contribution in [0.3, 0.4) is 0 Å². The number of phenols is 1. The summed E-state index contributed by atoms with van der Waals surface area (Å²) < 4.78 is 0. The Labute approximate surface area is 167 Å². The molecule has 1 aromatic rings. The molecule has 0 heterocycles. The van der Waals surface area contributed by atoms with Gasteiger partial charge in [-0.3, -0.25) is 4.79 Å². The van der Waals surface area contributed by atoms with Crippen molar-refractivity contribution in [1.82, 2.24) is 0 Å². The summed E-state index contributed by atoms with van der Waals surface area (Å²) in [6, 6.07) is 7.00. The van der Waals surface area contributed by atoms with Crippen molar-refractivity contribution < 1.29 is 9.90 Å². The number of phenolic OH excluding ortho intramolecular Hbond substituents is 1. The number of unbranched alkanes of at least 4 members (excludes halogenated alkanes) is 11. The predicted octanol–water partition coefficient (Wildman–Crippen LogP) is 7.54. The summed E-state index contributed by atoms with van der Waals surface area (Å²) in [6.45, 7) is 2.27. The second-order valence-electron chi connectivity index (χ2n) is 7.72. The molecule has 0 fully saturated rings. The quantitative estimate of drug-likeness (QED) is 0.226. The number of allylic oxidation sites excluding steroid dienone is 2. The molecule has 0 amide bonds. The third-order valence-electron chi connectivity index (χ3n) is 5.03. The Morgan fingerprint density at radius 3 is 2.07 bits per heavy atom. The van der Waals surface area contributed by atoms with Gasteiger partial charge in [0.2, 0.25) is 0 Å². The fraction of sp³-hybridized carbons (Fsp3) is 0.640. The molecule has 0 saturated carbocycles. The number of benzene rings is 1. The minimum atomic E-state index is 0.236. The van der Waals surface area contributed by atoms with Gasteiger partial charge in [-0.05, 0) is 49.8 Å². The van der Waals surface area contributed by atoms with Crippen LogP contribution in [0.1, 0.15) is 102 Å². The number of hydrogen-bond donors (Lipinski definition) is 1. The van der Waals surface area contributed by atoms with Crippen LogP contribution in [0.5, 0.6) is 5.75 Å². The Hall–Kier alpha value is -1.57. The highest BCUT2D eigenvalue weighted by atomic mass is 16.3. The molecule has 0 aliphatic carbocycles. The highest BCUT2D eigenvalue weighted by Crippen LogP contribution is 2.14. The van der Waals surface area contributed by atoms with Gasteiger partial charge < -0.3 is 5.11 Å². The van der Waals surface area contributed by atoms with Crippen molar-refractivity contribution >= 4 is 5.78 Å². The lowest BCUT2D eigenvalue weighted by atomic mass is 10.0. The minimum Gasteiger partial charge on any atom is -0.508 e. The summed E-state index contributed by atoms with van der Waals surface area (Å²) in [4.78, 5) is 12.0. The standard InChI is InChI=1S/C25H40O2/c1-2-3-4-5-6-7-8-9-10-11-12-13-14-15-16-19-24(26)21-23-18-17-20-25(27)22-23/h10-11,17-18,20,22,27H,2-9,12-16,19,21H2,1H3. The maximum atomic E-state index is 12.0. The monoisotopic (exact) mass is 372 g/mol. The van der Waals surface area contributed by atoms with Crippen LogP contribution >= 0.6 is 0 Å². The van der Waals surface area contributed by atoms with E-state index in [1.54, 1.807) is 18.2 Å². The van der Waals surface area contributed by atoms with Crippen molar-refractivity contribution in [2.75, 3.05) is 0 Å². The van der Waals surface area contributed by atoms with Crippen LogP contribution in [0, 0.1) is 0 Å². The van der Waals surface area contributed by atoms with Gasteiger partial charge in [-0.15, -0.1) is 0 Å². The smallest absolute Gasteiger partial charge is 0.137 e. The van der Waals surface area contributed by atoms with Gasteiger partial charge in [-0.25, -0.2) is 0 Å². The fourth-order valence-electron chi connectivity index (χ4n) is 3.38. The van der Waals surface area contributed by atoms with E-state index in [1.165, 1.54) is 70.6 Å². The predicted molar refractivity (Wildman–Crippen MR) is 116 cm³/mol. The molecule has 0 atom stereocenters. The van der Waals surface area contributed by atoms with Crippen molar-refractivity contribution in [3.05, 3.63) is 42.0 Å². The highest BCUT2D eigenvalue weighted by Gasteiger charge is 2.04. The molecular weight excluding hydrogens is 332 g/mol. The number of aromatic hydroxyl groups is 1. The molecule has 0 aliphatic rings. The van der Waals surface area contributed by atoms with Gasteiger partial charge in [0.15, 0.2) is 0 Å². The number of Topliss-reactive ketones (excluding diaryl/α,β-unsaturated/α-hetero) is 1. The lowest BCUT2D eigenvalue weighted by Gasteiger charge is -2.02. The molecule has 0 bridgehead atoms. The lowest BCUT2D eigenvalue weighted by molar-refractivity contribution is -0.118. The van der Waals surface area contributed by atoms with E-state index < -0.39 is 0 Å². The van der Waals surface area contributed by atoms with Crippen LogP contribution in [0.15, 0.2) is 36.4 Å². The van der Waals surface area contributed by atoms with Crippen LogP contribution in [-0.2, 0) is 11.2 Å². The molecule has 1 N–H and O–H groups in total. The molecule has 0 radical (unpaired) electrons. The van der Waals surface area contributed by atoms with Crippen molar-refractivity contribution in [2.24, 2.45) is 0 Å². The first kappa shape index (κ1) is 23.5. The molecular formula is C25H40O2. The van der Waals surface area contributed by atoms with E-state index in [-0.39, 0.29) is 11.5 Å². The molecule has 2 nitrogen and oxygen atoms in total. The van der Waals surface area contributed by atoms with Gasteiger partial charge in [-0.2, -0.15) is 0 Å². The first-order valence-electron chi connectivity index (χ1n) is 11.2.